The van der Waals surface area contributed by atoms with Gasteiger partial charge in [-0.15, -0.1) is 0 Å². The minimum atomic E-state index is -0.358. The van der Waals surface area contributed by atoms with Crippen LogP contribution in [0.1, 0.15) is 72.1 Å². The van der Waals surface area contributed by atoms with Gasteiger partial charge in [-0.1, -0.05) is 32.3 Å². The number of halogens is 1. The van der Waals surface area contributed by atoms with Crippen LogP contribution in [-0.4, -0.2) is 37.9 Å². The lowest BCUT2D eigenvalue weighted by atomic mass is 9.91. The molecule has 0 bridgehead atoms. The second-order valence-electron chi connectivity index (χ2n) is 7.76. The predicted octanol–water partition coefficient (Wildman–Crippen LogP) is 1.43. The molecule has 2 unspecified atom stereocenters. The molecule has 0 saturated heterocycles. The first-order valence-corrected chi connectivity index (χ1v) is 11.2. The molecular weight excluding hydrogens is 388 g/mol. The van der Waals surface area contributed by atoms with E-state index in [1.807, 2.05) is 24.3 Å². The monoisotopic (exact) mass is 426 g/mol. The zero-order chi connectivity index (χ0) is 20.2. The van der Waals surface area contributed by atoms with Gasteiger partial charge in [0.15, 0.2) is 6.10 Å². The van der Waals surface area contributed by atoms with Crippen LogP contribution in [0.2, 0.25) is 0 Å². The molecular formula is C23H39ClN2O3. The van der Waals surface area contributed by atoms with E-state index in [2.05, 4.69) is 26.1 Å². The molecule has 166 valence electrons. The van der Waals surface area contributed by atoms with Gasteiger partial charge in [0.2, 0.25) is 0 Å². The zero-order valence-corrected chi connectivity index (χ0v) is 19.1. The maximum absolute atomic E-state index is 12.5. The first-order chi connectivity index (χ1) is 13.7. The van der Waals surface area contributed by atoms with Gasteiger partial charge >= 0.3 is 6.09 Å². The highest BCUT2D eigenvalue weighted by Gasteiger charge is 2.34. The van der Waals surface area contributed by atoms with Crippen LogP contribution in [0.15, 0.2) is 24.3 Å². The summed E-state index contributed by atoms with van der Waals surface area (Å²) in [6.45, 7) is 9.47. The van der Waals surface area contributed by atoms with Crippen LogP contribution in [0.5, 0.6) is 5.75 Å². The summed E-state index contributed by atoms with van der Waals surface area (Å²) >= 11 is 0. The van der Waals surface area contributed by atoms with Crippen molar-refractivity contribution in [3.05, 3.63) is 24.3 Å². The Morgan fingerprint density at radius 2 is 1.86 bits per heavy atom. The van der Waals surface area contributed by atoms with E-state index in [-0.39, 0.29) is 24.6 Å². The normalized spacial score (nSPS) is 18.8. The van der Waals surface area contributed by atoms with Gasteiger partial charge in [-0.3, -0.25) is 5.32 Å². The number of amides is 1. The van der Waals surface area contributed by atoms with Gasteiger partial charge in [0.05, 0.1) is 19.7 Å². The lowest BCUT2D eigenvalue weighted by Crippen LogP contribution is -3.16. The summed E-state index contributed by atoms with van der Waals surface area (Å²) in [6.07, 6.45) is 8.82. The van der Waals surface area contributed by atoms with E-state index in [0.717, 1.165) is 50.2 Å². The molecule has 0 aliphatic heterocycles. The third-order valence-electron chi connectivity index (χ3n) is 5.74. The molecule has 0 heterocycles. The molecule has 2 N–H and O–H groups in total. The Labute approximate surface area is 182 Å². The standard InChI is InChI=1S/C23H38N2O3.ClH/c1-4-7-8-11-17-27-20-14-12-13-19(18-20)24-23(26)28-22-16-10-9-15-21(22)25(5-2)6-3;/h12-14,18,21-22H,4-11,15-17H2,1-3H3,(H,24,26);1H. The van der Waals surface area contributed by atoms with E-state index in [1.165, 1.54) is 30.6 Å². The summed E-state index contributed by atoms with van der Waals surface area (Å²) in [5.74, 6) is 0.789. The molecule has 1 aliphatic rings. The third-order valence-corrected chi connectivity index (χ3v) is 5.74. The van der Waals surface area contributed by atoms with Crippen molar-refractivity contribution >= 4 is 11.8 Å². The van der Waals surface area contributed by atoms with Crippen LogP contribution < -0.4 is 27.4 Å². The number of ether oxygens (including phenoxy) is 2. The Morgan fingerprint density at radius 1 is 1.10 bits per heavy atom. The van der Waals surface area contributed by atoms with Crippen LogP contribution in [-0.2, 0) is 4.74 Å². The van der Waals surface area contributed by atoms with Gasteiger partial charge in [-0.05, 0) is 51.7 Å². The number of nitrogens with one attached hydrogen (secondary N) is 2. The van der Waals surface area contributed by atoms with Gasteiger partial charge in [-0.25, -0.2) is 4.79 Å². The fourth-order valence-corrected chi connectivity index (χ4v) is 4.15. The molecule has 1 aromatic rings. The quantitative estimate of drug-likeness (QED) is 0.526. The fraction of sp³-hybridized carbons (Fsp3) is 0.696. The SMILES string of the molecule is CCCCCCOc1cccc(NC(=O)OC2CCCCC2[NH+](CC)CC)c1.[Cl-]. The smallest absolute Gasteiger partial charge is 0.412 e. The van der Waals surface area contributed by atoms with Crippen LogP contribution in [0, 0.1) is 0 Å². The van der Waals surface area contributed by atoms with Crippen LogP contribution >= 0.6 is 0 Å². The molecule has 2 rings (SSSR count). The summed E-state index contributed by atoms with van der Waals surface area (Å²) in [5.41, 5.74) is 0.721. The van der Waals surface area contributed by atoms with Crippen LogP contribution in [0.4, 0.5) is 10.5 Å². The number of rotatable bonds is 11. The number of likely N-dealkylation sites (N-methyl/N-ethyl adjacent to an activating group) is 1. The molecule has 1 amide bonds. The van der Waals surface area contributed by atoms with Crippen LogP contribution in [0.25, 0.3) is 0 Å². The summed E-state index contributed by atoms with van der Waals surface area (Å²) in [6, 6.07) is 7.98. The Kier molecular flexibility index (Phi) is 12.8. The summed E-state index contributed by atoms with van der Waals surface area (Å²) in [7, 11) is 0. The third kappa shape index (κ3) is 8.83. The van der Waals surface area contributed by atoms with Crippen molar-refractivity contribution < 1.29 is 31.6 Å². The van der Waals surface area contributed by atoms with Crippen molar-refractivity contribution in [2.75, 3.05) is 25.0 Å². The zero-order valence-electron chi connectivity index (χ0n) is 18.3. The van der Waals surface area contributed by atoms with E-state index in [9.17, 15) is 4.79 Å². The van der Waals surface area contributed by atoms with Gasteiger partial charge in [0.25, 0.3) is 0 Å². The molecule has 2 atom stereocenters. The number of anilines is 1. The van der Waals surface area contributed by atoms with E-state index in [1.54, 1.807) is 0 Å². The molecule has 1 saturated carbocycles. The van der Waals surface area contributed by atoms with E-state index in [0.29, 0.717) is 12.6 Å². The summed E-state index contributed by atoms with van der Waals surface area (Å²) < 4.78 is 11.7. The van der Waals surface area contributed by atoms with Gasteiger partial charge < -0.3 is 26.8 Å². The highest BCUT2D eigenvalue weighted by molar-refractivity contribution is 5.85. The number of hydrogen-bond acceptors (Lipinski definition) is 3. The van der Waals surface area contributed by atoms with E-state index >= 15 is 0 Å². The topological polar surface area (TPSA) is 52.0 Å². The molecule has 1 aromatic carbocycles. The van der Waals surface area contributed by atoms with E-state index < -0.39 is 0 Å². The maximum atomic E-state index is 12.5. The van der Waals surface area contributed by atoms with Crippen molar-refractivity contribution in [3.63, 3.8) is 0 Å². The highest BCUT2D eigenvalue weighted by atomic mass is 35.5. The fourth-order valence-electron chi connectivity index (χ4n) is 4.15. The highest BCUT2D eigenvalue weighted by Crippen LogP contribution is 2.22. The van der Waals surface area contributed by atoms with Crippen molar-refractivity contribution in [2.45, 2.75) is 84.3 Å². The Morgan fingerprint density at radius 3 is 2.59 bits per heavy atom. The van der Waals surface area contributed by atoms with Crippen LogP contribution in [0.3, 0.4) is 0 Å². The van der Waals surface area contributed by atoms with Gasteiger partial charge in [0, 0.05) is 18.2 Å². The molecule has 6 heteroatoms. The Bertz CT molecular complexity index is 581. The number of unbranched alkanes of at least 4 members (excludes halogenated alkanes) is 3. The lowest BCUT2D eigenvalue weighted by molar-refractivity contribution is -0.926. The molecule has 5 nitrogen and oxygen atoms in total. The largest absolute Gasteiger partial charge is 1.00 e. The van der Waals surface area contributed by atoms with Crippen molar-refractivity contribution in [1.29, 1.82) is 0 Å². The first-order valence-electron chi connectivity index (χ1n) is 11.2. The average molecular weight is 427 g/mol. The maximum Gasteiger partial charge on any atom is 0.412 e. The second kappa shape index (κ2) is 14.5. The predicted molar refractivity (Wildman–Crippen MR) is 114 cm³/mol. The molecule has 1 aliphatic carbocycles. The molecule has 0 aromatic heterocycles. The Hall–Kier alpha value is -1.46. The van der Waals surface area contributed by atoms with Crippen molar-refractivity contribution in [1.82, 2.24) is 0 Å². The summed E-state index contributed by atoms with van der Waals surface area (Å²) in [4.78, 5) is 14.0. The first kappa shape index (κ1) is 25.6. The minimum Gasteiger partial charge on any atom is -1.00 e. The molecule has 29 heavy (non-hydrogen) atoms. The molecule has 0 radical (unpaired) electrons. The van der Waals surface area contributed by atoms with Gasteiger partial charge in [-0.2, -0.15) is 0 Å². The van der Waals surface area contributed by atoms with E-state index in [4.69, 9.17) is 9.47 Å². The number of benzene rings is 1. The number of hydrogen-bond donors (Lipinski definition) is 2. The number of carbonyl (C=O) groups is 1. The second-order valence-corrected chi connectivity index (χ2v) is 7.76. The Balaban J connectivity index is 0.00000420. The minimum absolute atomic E-state index is 0. The molecule has 0 spiro atoms. The lowest BCUT2D eigenvalue weighted by Gasteiger charge is -2.35. The summed E-state index contributed by atoms with van der Waals surface area (Å²) in [5, 5.41) is 2.89. The van der Waals surface area contributed by atoms with Crippen molar-refractivity contribution in [2.24, 2.45) is 0 Å². The average Bonchev–Trinajstić information content (AvgIpc) is 2.70. The van der Waals surface area contributed by atoms with Gasteiger partial charge in [0.1, 0.15) is 11.8 Å². The number of carbonyl (C=O) groups excluding carboxylic acids is 1. The molecule has 1 fully saturated rings. The number of quaternary nitrogens is 1. The van der Waals surface area contributed by atoms with Crippen molar-refractivity contribution in [3.8, 4) is 5.75 Å².